The van der Waals surface area contributed by atoms with Gasteiger partial charge in [0.05, 0.1) is 0 Å². The van der Waals surface area contributed by atoms with Crippen molar-refractivity contribution in [2.24, 2.45) is 0 Å². The van der Waals surface area contributed by atoms with Gasteiger partial charge in [0, 0.05) is 10.4 Å². The van der Waals surface area contributed by atoms with Gasteiger partial charge in [0.2, 0.25) is 0 Å². The number of thiophene rings is 1. The van der Waals surface area contributed by atoms with Crippen molar-refractivity contribution in [2.45, 2.75) is 13.8 Å². The van der Waals surface area contributed by atoms with E-state index in [1.165, 1.54) is 4.88 Å². The van der Waals surface area contributed by atoms with Crippen LogP contribution >= 0.6 is 11.3 Å². The fourth-order valence-electron chi connectivity index (χ4n) is 2.76. The lowest BCUT2D eigenvalue weighted by atomic mass is 9.94. The maximum Gasteiger partial charge on any atom is 0.160 e. The SMILES string of the molecule is CC(=O)c1c(C)cc(-c2cccs2)cc1/C=C/c1ccccc1. The molecule has 2 aromatic carbocycles. The summed E-state index contributed by atoms with van der Waals surface area (Å²) < 4.78 is 0. The zero-order valence-electron chi connectivity index (χ0n) is 13.2. The van der Waals surface area contributed by atoms with Crippen molar-refractivity contribution in [2.75, 3.05) is 0 Å². The third-order valence-electron chi connectivity index (χ3n) is 3.78. The third-order valence-corrected chi connectivity index (χ3v) is 4.70. The number of aryl methyl sites for hydroxylation is 1. The number of hydrogen-bond donors (Lipinski definition) is 0. The summed E-state index contributed by atoms with van der Waals surface area (Å²) in [6.45, 7) is 3.64. The lowest BCUT2D eigenvalue weighted by Crippen LogP contribution is -2.00. The van der Waals surface area contributed by atoms with Gasteiger partial charge in [-0.25, -0.2) is 0 Å². The highest BCUT2D eigenvalue weighted by Crippen LogP contribution is 2.30. The molecule has 0 saturated carbocycles. The highest BCUT2D eigenvalue weighted by molar-refractivity contribution is 7.13. The van der Waals surface area contributed by atoms with Crippen LogP contribution in [0.4, 0.5) is 0 Å². The lowest BCUT2D eigenvalue weighted by molar-refractivity contribution is 0.101. The van der Waals surface area contributed by atoms with E-state index in [4.69, 9.17) is 0 Å². The molecule has 0 aliphatic carbocycles. The second-order valence-electron chi connectivity index (χ2n) is 5.53. The maximum absolute atomic E-state index is 12.1. The maximum atomic E-state index is 12.1. The zero-order valence-corrected chi connectivity index (χ0v) is 14.1. The molecule has 0 aliphatic heterocycles. The van der Waals surface area contributed by atoms with E-state index in [0.29, 0.717) is 0 Å². The predicted molar refractivity (Wildman–Crippen MR) is 99.9 cm³/mol. The number of benzene rings is 2. The average Bonchev–Trinajstić information content (AvgIpc) is 3.07. The van der Waals surface area contributed by atoms with Crippen LogP contribution in [0.15, 0.2) is 60.0 Å². The molecule has 0 saturated heterocycles. The van der Waals surface area contributed by atoms with Gasteiger partial charge in [-0.1, -0.05) is 48.6 Å². The molecule has 0 aliphatic rings. The second kappa shape index (κ2) is 6.76. The van der Waals surface area contributed by atoms with Crippen molar-refractivity contribution in [1.29, 1.82) is 0 Å². The number of rotatable bonds is 4. The Bertz CT molecular complexity index is 843. The molecule has 1 aromatic heterocycles. The molecule has 0 bridgehead atoms. The van der Waals surface area contributed by atoms with Crippen LogP contribution < -0.4 is 0 Å². The van der Waals surface area contributed by atoms with Gasteiger partial charge >= 0.3 is 0 Å². The Labute approximate surface area is 140 Å². The van der Waals surface area contributed by atoms with E-state index in [1.54, 1.807) is 18.3 Å². The summed E-state index contributed by atoms with van der Waals surface area (Å²) in [5, 5.41) is 2.07. The van der Waals surface area contributed by atoms with E-state index in [1.807, 2.05) is 37.3 Å². The predicted octanol–water partition coefficient (Wildman–Crippen LogP) is 6.10. The van der Waals surface area contributed by atoms with E-state index in [0.717, 1.165) is 27.8 Å². The molecule has 2 heteroatoms. The van der Waals surface area contributed by atoms with Crippen LogP contribution in [0.1, 0.15) is 34.0 Å². The Morgan fingerprint density at radius 3 is 2.43 bits per heavy atom. The van der Waals surface area contributed by atoms with Crippen LogP contribution in [0.2, 0.25) is 0 Å². The van der Waals surface area contributed by atoms with E-state index in [9.17, 15) is 4.79 Å². The van der Waals surface area contributed by atoms with Crippen LogP contribution in [0.25, 0.3) is 22.6 Å². The molecule has 3 rings (SSSR count). The van der Waals surface area contributed by atoms with Gasteiger partial charge in [-0.15, -0.1) is 11.3 Å². The molecule has 0 unspecified atom stereocenters. The number of carbonyl (C=O) groups excluding carboxylic acids is 1. The number of hydrogen-bond acceptors (Lipinski definition) is 2. The van der Waals surface area contributed by atoms with E-state index < -0.39 is 0 Å². The standard InChI is InChI=1S/C21H18OS/c1-15-13-19(20-9-6-12-23-20)14-18(21(15)16(2)22)11-10-17-7-4-3-5-8-17/h3-14H,1-2H3/b11-10+. The van der Waals surface area contributed by atoms with Crippen molar-refractivity contribution in [1.82, 2.24) is 0 Å². The van der Waals surface area contributed by atoms with Gasteiger partial charge in [0.25, 0.3) is 0 Å². The monoisotopic (exact) mass is 318 g/mol. The first kappa shape index (κ1) is 15.4. The Balaban J connectivity index is 2.09. The van der Waals surface area contributed by atoms with Crippen molar-refractivity contribution < 1.29 is 4.79 Å². The Morgan fingerprint density at radius 1 is 1.00 bits per heavy atom. The summed E-state index contributed by atoms with van der Waals surface area (Å²) in [6, 6.07) is 18.5. The number of carbonyl (C=O) groups is 1. The number of Topliss-reactive ketones (excluding diaryl/α,β-unsaturated/α-hetero) is 1. The van der Waals surface area contributed by atoms with Gasteiger partial charge in [-0.2, -0.15) is 0 Å². The van der Waals surface area contributed by atoms with Crippen LogP contribution in [0, 0.1) is 6.92 Å². The first-order valence-corrected chi connectivity index (χ1v) is 8.46. The molecule has 1 heterocycles. The molecule has 0 radical (unpaired) electrons. The highest BCUT2D eigenvalue weighted by Gasteiger charge is 2.12. The van der Waals surface area contributed by atoms with Crippen molar-refractivity contribution in [3.63, 3.8) is 0 Å². The average molecular weight is 318 g/mol. The van der Waals surface area contributed by atoms with Gasteiger partial charge in [0.15, 0.2) is 5.78 Å². The minimum Gasteiger partial charge on any atom is -0.294 e. The zero-order chi connectivity index (χ0) is 16.2. The first-order valence-electron chi connectivity index (χ1n) is 7.58. The Hall–Kier alpha value is -2.45. The second-order valence-corrected chi connectivity index (χ2v) is 6.48. The molecule has 0 fully saturated rings. The van der Waals surface area contributed by atoms with E-state index in [-0.39, 0.29) is 5.78 Å². The van der Waals surface area contributed by atoms with Crippen molar-refractivity contribution >= 4 is 29.3 Å². The molecule has 0 spiro atoms. The molecular formula is C21H18OS. The lowest BCUT2D eigenvalue weighted by Gasteiger charge is -2.10. The van der Waals surface area contributed by atoms with E-state index in [2.05, 4.69) is 41.8 Å². The molecule has 114 valence electrons. The molecule has 0 N–H and O–H groups in total. The minimum atomic E-state index is 0.105. The quantitative estimate of drug-likeness (QED) is 0.420. The van der Waals surface area contributed by atoms with E-state index >= 15 is 0 Å². The number of ketones is 1. The molecule has 0 amide bonds. The Kier molecular flexibility index (Phi) is 4.54. The highest BCUT2D eigenvalue weighted by atomic mass is 32.1. The summed E-state index contributed by atoms with van der Waals surface area (Å²) in [5.74, 6) is 0.105. The molecule has 1 nitrogen and oxygen atoms in total. The van der Waals surface area contributed by atoms with Crippen LogP contribution in [-0.2, 0) is 0 Å². The summed E-state index contributed by atoms with van der Waals surface area (Å²) in [4.78, 5) is 13.3. The smallest absolute Gasteiger partial charge is 0.160 e. The van der Waals surface area contributed by atoms with Gasteiger partial charge < -0.3 is 0 Å². The fourth-order valence-corrected chi connectivity index (χ4v) is 3.48. The largest absolute Gasteiger partial charge is 0.294 e. The van der Waals surface area contributed by atoms with Crippen molar-refractivity contribution in [3.05, 3.63) is 82.2 Å². The molecule has 3 aromatic rings. The molecule has 0 atom stereocenters. The third kappa shape index (κ3) is 3.49. The fraction of sp³-hybridized carbons (Fsp3) is 0.0952. The van der Waals surface area contributed by atoms with Crippen LogP contribution in [0.3, 0.4) is 0 Å². The topological polar surface area (TPSA) is 17.1 Å². The molecular weight excluding hydrogens is 300 g/mol. The summed E-state index contributed by atoms with van der Waals surface area (Å²) in [6.07, 6.45) is 4.09. The van der Waals surface area contributed by atoms with Gasteiger partial charge in [-0.05, 0) is 59.7 Å². The summed E-state index contributed by atoms with van der Waals surface area (Å²) >= 11 is 1.71. The van der Waals surface area contributed by atoms with Crippen molar-refractivity contribution in [3.8, 4) is 10.4 Å². The first-order chi connectivity index (χ1) is 11.1. The van der Waals surface area contributed by atoms with Gasteiger partial charge in [0.1, 0.15) is 0 Å². The Morgan fingerprint density at radius 2 is 1.78 bits per heavy atom. The van der Waals surface area contributed by atoms with Crippen LogP contribution in [0.5, 0.6) is 0 Å². The minimum absolute atomic E-state index is 0.105. The summed E-state index contributed by atoms with van der Waals surface area (Å²) in [7, 11) is 0. The van der Waals surface area contributed by atoms with Crippen LogP contribution in [-0.4, -0.2) is 5.78 Å². The van der Waals surface area contributed by atoms with Gasteiger partial charge in [-0.3, -0.25) is 4.79 Å². The summed E-state index contributed by atoms with van der Waals surface area (Å²) in [5.41, 5.74) is 5.09. The normalized spacial score (nSPS) is 11.0. The molecule has 23 heavy (non-hydrogen) atoms.